The number of hydrogen-bond acceptors (Lipinski definition) is 7. The highest BCUT2D eigenvalue weighted by Gasteiger charge is 2.43. The molecule has 212 valence electrons. The average molecular weight is 541 g/mol. The molecule has 9 heteroatoms. The van der Waals surface area contributed by atoms with E-state index in [-0.39, 0.29) is 12.3 Å². The fourth-order valence-corrected chi connectivity index (χ4v) is 5.08. The van der Waals surface area contributed by atoms with Crippen LogP contribution in [-0.4, -0.2) is 53.3 Å². The maximum absolute atomic E-state index is 14.7. The summed E-state index contributed by atoms with van der Waals surface area (Å²) in [6, 6.07) is 6.45. The number of nitrogens with zero attached hydrogens (tertiary/aromatic N) is 4. The lowest BCUT2D eigenvalue weighted by Crippen LogP contribution is -2.34. The first-order chi connectivity index (χ1) is 18.7. The molecule has 1 aliphatic carbocycles. The predicted octanol–water partition coefficient (Wildman–Crippen LogP) is 5.65. The number of oxime groups is 1. The third kappa shape index (κ3) is 8.07. The summed E-state index contributed by atoms with van der Waals surface area (Å²) < 4.78 is 25.3. The second kappa shape index (κ2) is 13.1. The molecule has 0 bridgehead atoms. The van der Waals surface area contributed by atoms with Crippen LogP contribution in [0.3, 0.4) is 0 Å². The van der Waals surface area contributed by atoms with Crippen molar-refractivity contribution in [2.24, 2.45) is 28.8 Å². The molecule has 1 saturated heterocycles. The number of likely N-dealkylation sites (N-methyl/N-ethyl adjacent to an activating group) is 1. The first-order valence-electron chi connectivity index (χ1n) is 13.9. The van der Waals surface area contributed by atoms with Crippen molar-refractivity contribution in [2.75, 3.05) is 26.7 Å². The van der Waals surface area contributed by atoms with Crippen molar-refractivity contribution in [1.82, 2.24) is 15.0 Å². The second-order valence-electron chi connectivity index (χ2n) is 11.2. The maximum Gasteiger partial charge on any atom is 0.227 e. The number of ether oxygens (including phenoxy) is 1. The molecule has 0 N–H and O–H groups in total. The number of piperidine rings is 1. The molecule has 4 rings (SSSR count). The van der Waals surface area contributed by atoms with E-state index in [1.165, 1.54) is 23.7 Å². The number of halogens is 1. The third-order valence-corrected chi connectivity index (χ3v) is 8.05. The second-order valence-corrected chi connectivity index (χ2v) is 11.2. The zero-order chi connectivity index (χ0) is 27.9. The minimum Gasteiger partial charge on any atom is -0.493 e. The van der Waals surface area contributed by atoms with Gasteiger partial charge in [0.1, 0.15) is 23.5 Å². The monoisotopic (exact) mass is 540 g/mol. The van der Waals surface area contributed by atoms with E-state index >= 15 is 0 Å². The summed E-state index contributed by atoms with van der Waals surface area (Å²) in [6.07, 6.45) is 5.92. The standard InChI is InChI=1S/C30H41FN4O4/c1-20(2)21(3)32-39-22(4)35-12-8-23(9-13-35)28-16-24(28)10-14-37-27-7-6-25(29(31)18-27)17-30(36)34(5)19-26-11-15-38-33-26/h6-7,11,15,18,20,23-24,28H,4,8-10,12-14,16-17,19H2,1-3,5H3/b32-21+/t24-,28-/m1/s1. The van der Waals surface area contributed by atoms with Crippen molar-refractivity contribution in [3.05, 3.63) is 60.1 Å². The molecule has 1 amide bonds. The quantitative estimate of drug-likeness (QED) is 0.186. The van der Waals surface area contributed by atoms with Gasteiger partial charge in [-0.2, -0.15) is 0 Å². The van der Waals surface area contributed by atoms with Crippen molar-refractivity contribution in [3.63, 3.8) is 0 Å². The number of carbonyl (C=O) groups excluding carboxylic acids is 1. The third-order valence-electron chi connectivity index (χ3n) is 8.05. The fourth-order valence-electron chi connectivity index (χ4n) is 5.08. The summed E-state index contributed by atoms with van der Waals surface area (Å²) in [5, 5.41) is 8.00. The predicted molar refractivity (Wildman–Crippen MR) is 147 cm³/mol. The van der Waals surface area contributed by atoms with Gasteiger partial charge in [-0.3, -0.25) is 4.79 Å². The van der Waals surface area contributed by atoms with Crippen LogP contribution in [0.2, 0.25) is 0 Å². The van der Waals surface area contributed by atoms with E-state index in [9.17, 15) is 9.18 Å². The molecule has 0 radical (unpaired) electrons. The Labute approximate surface area is 230 Å². The number of hydrogen-bond donors (Lipinski definition) is 0. The van der Waals surface area contributed by atoms with Crippen LogP contribution < -0.4 is 4.74 Å². The van der Waals surface area contributed by atoms with Crippen LogP contribution in [0.25, 0.3) is 0 Å². The van der Waals surface area contributed by atoms with Gasteiger partial charge in [-0.15, -0.1) is 0 Å². The summed E-state index contributed by atoms with van der Waals surface area (Å²) in [5.74, 6) is 3.00. The smallest absolute Gasteiger partial charge is 0.227 e. The molecule has 39 heavy (non-hydrogen) atoms. The molecule has 1 saturated carbocycles. The van der Waals surface area contributed by atoms with Crippen LogP contribution in [0.5, 0.6) is 5.75 Å². The molecule has 0 spiro atoms. The van der Waals surface area contributed by atoms with Crippen LogP contribution in [0, 0.1) is 29.5 Å². The lowest BCUT2D eigenvalue weighted by atomic mass is 9.90. The first-order valence-corrected chi connectivity index (χ1v) is 13.9. The minimum absolute atomic E-state index is 0.0205. The van der Waals surface area contributed by atoms with Crippen molar-refractivity contribution in [1.29, 1.82) is 0 Å². The lowest BCUT2D eigenvalue weighted by Gasteiger charge is -2.33. The number of benzene rings is 1. The zero-order valence-electron chi connectivity index (χ0n) is 23.6. The molecular weight excluding hydrogens is 499 g/mol. The number of rotatable bonds is 13. The van der Waals surface area contributed by atoms with Gasteiger partial charge in [-0.25, -0.2) is 4.39 Å². The summed E-state index contributed by atoms with van der Waals surface area (Å²) in [7, 11) is 1.66. The first kappa shape index (κ1) is 28.6. The van der Waals surface area contributed by atoms with E-state index in [0.29, 0.717) is 47.9 Å². The van der Waals surface area contributed by atoms with Gasteiger partial charge in [-0.05, 0) is 74.5 Å². The van der Waals surface area contributed by atoms with Crippen molar-refractivity contribution in [2.45, 2.75) is 59.4 Å². The molecule has 2 heterocycles. The van der Waals surface area contributed by atoms with Gasteiger partial charge >= 0.3 is 0 Å². The fraction of sp³-hybridized carbons (Fsp3) is 0.567. The van der Waals surface area contributed by atoms with Crippen LogP contribution in [0.1, 0.15) is 57.7 Å². The number of amides is 1. The highest BCUT2D eigenvalue weighted by Crippen LogP contribution is 2.50. The Morgan fingerprint density at radius 2 is 2.08 bits per heavy atom. The summed E-state index contributed by atoms with van der Waals surface area (Å²) in [4.78, 5) is 21.7. The molecular formula is C30H41FN4O4. The van der Waals surface area contributed by atoms with Gasteiger partial charge in [0, 0.05) is 32.3 Å². The molecule has 2 atom stereocenters. The molecule has 1 aliphatic heterocycles. The number of likely N-dealkylation sites (tertiary alicyclic amines) is 1. The average Bonchev–Trinajstić information content (AvgIpc) is 3.51. The Kier molecular flexibility index (Phi) is 9.64. The Bertz CT molecular complexity index is 1140. The Hall–Kier alpha value is -3.36. The molecule has 2 aromatic rings. The topological polar surface area (TPSA) is 80.4 Å². The van der Waals surface area contributed by atoms with Crippen molar-refractivity contribution >= 4 is 11.6 Å². The number of aromatic nitrogens is 1. The summed E-state index contributed by atoms with van der Waals surface area (Å²) in [5.41, 5.74) is 1.96. The highest BCUT2D eigenvalue weighted by atomic mass is 19.1. The van der Waals surface area contributed by atoms with E-state index in [0.717, 1.165) is 49.9 Å². The molecule has 0 unspecified atom stereocenters. The molecule has 8 nitrogen and oxygen atoms in total. The Balaban J connectivity index is 1.14. The Morgan fingerprint density at radius 3 is 2.74 bits per heavy atom. The summed E-state index contributed by atoms with van der Waals surface area (Å²) in [6.45, 7) is 13.0. The van der Waals surface area contributed by atoms with E-state index in [1.54, 1.807) is 25.2 Å². The van der Waals surface area contributed by atoms with Crippen LogP contribution in [0.4, 0.5) is 4.39 Å². The Morgan fingerprint density at radius 1 is 1.31 bits per heavy atom. The molecule has 2 fully saturated rings. The highest BCUT2D eigenvalue weighted by molar-refractivity contribution is 5.83. The zero-order valence-corrected chi connectivity index (χ0v) is 23.6. The van der Waals surface area contributed by atoms with E-state index < -0.39 is 5.82 Å². The minimum atomic E-state index is -0.428. The normalized spacial score (nSPS) is 19.7. The molecule has 2 aliphatic rings. The molecule has 1 aromatic carbocycles. The van der Waals surface area contributed by atoms with Gasteiger partial charge in [0.25, 0.3) is 0 Å². The maximum atomic E-state index is 14.7. The SMILES string of the molecule is C=C(O/N=C(\C)C(C)C)N1CCC([C@H]2C[C@H]2CCOc2ccc(CC(=O)N(C)Cc3ccon3)c(F)c2)CC1. The van der Waals surface area contributed by atoms with E-state index in [1.807, 2.05) is 6.92 Å². The van der Waals surface area contributed by atoms with Crippen molar-refractivity contribution in [3.8, 4) is 5.75 Å². The van der Waals surface area contributed by atoms with Gasteiger partial charge in [-0.1, -0.05) is 30.2 Å². The van der Waals surface area contributed by atoms with E-state index in [4.69, 9.17) is 14.1 Å². The van der Waals surface area contributed by atoms with Crippen LogP contribution in [0.15, 0.2) is 52.7 Å². The van der Waals surface area contributed by atoms with Gasteiger partial charge in [0.2, 0.25) is 11.8 Å². The van der Waals surface area contributed by atoms with Crippen LogP contribution in [-0.2, 0) is 22.6 Å². The largest absolute Gasteiger partial charge is 0.493 e. The summed E-state index contributed by atoms with van der Waals surface area (Å²) >= 11 is 0. The van der Waals surface area contributed by atoms with E-state index in [2.05, 4.69) is 35.6 Å². The molecule has 1 aromatic heterocycles. The van der Waals surface area contributed by atoms with Gasteiger partial charge in [0.05, 0.1) is 25.3 Å². The number of carbonyl (C=O) groups is 1. The van der Waals surface area contributed by atoms with Crippen LogP contribution >= 0.6 is 0 Å². The van der Waals surface area contributed by atoms with Gasteiger partial charge in [0.15, 0.2) is 0 Å². The van der Waals surface area contributed by atoms with Crippen molar-refractivity contribution < 1.29 is 23.3 Å². The lowest BCUT2D eigenvalue weighted by molar-refractivity contribution is -0.129. The van der Waals surface area contributed by atoms with Gasteiger partial charge < -0.3 is 23.9 Å².